The van der Waals surface area contributed by atoms with Crippen LogP contribution in [0.1, 0.15) is 31.2 Å². The lowest BCUT2D eigenvalue weighted by Gasteiger charge is -2.24. The van der Waals surface area contributed by atoms with Crippen molar-refractivity contribution in [3.8, 4) is 0 Å². The van der Waals surface area contributed by atoms with E-state index in [1.54, 1.807) is 0 Å². The van der Waals surface area contributed by atoms with Crippen LogP contribution in [-0.2, 0) is 20.9 Å². The summed E-state index contributed by atoms with van der Waals surface area (Å²) in [5, 5.41) is 0. The minimum absolute atomic E-state index is 0.0352. The largest absolute Gasteiger partial charge is 0.461 e. The van der Waals surface area contributed by atoms with Gasteiger partial charge in [-0.3, -0.25) is 4.79 Å². The van der Waals surface area contributed by atoms with E-state index in [1.807, 2.05) is 30.3 Å². The van der Waals surface area contributed by atoms with E-state index in [0.29, 0.717) is 13.0 Å². The van der Waals surface area contributed by atoms with Crippen molar-refractivity contribution < 1.29 is 14.3 Å². The van der Waals surface area contributed by atoms with Gasteiger partial charge in [-0.2, -0.15) is 0 Å². The fourth-order valence-electron chi connectivity index (χ4n) is 2.41. The molecule has 0 aromatic heterocycles. The van der Waals surface area contributed by atoms with E-state index in [0.717, 1.165) is 31.1 Å². The first-order valence-corrected chi connectivity index (χ1v) is 6.45. The lowest BCUT2D eigenvalue weighted by Crippen LogP contribution is -2.25. The summed E-state index contributed by atoms with van der Waals surface area (Å²) in [4.78, 5) is 22.7. The lowest BCUT2D eigenvalue weighted by atomic mass is 9.82. The van der Waals surface area contributed by atoms with Gasteiger partial charge in [-0.1, -0.05) is 36.8 Å². The van der Waals surface area contributed by atoms with Gasteiger partial charge in [-0.15, -0.1) is 0 Å². The molecule has 96 valence electrons. The summed E-state index contributed by atoms with van der Waals surface area (Å²) in [6, 6.07) is 9.64. The van der Waals surface area contributed by atoms with Crippen LogP contribution in [-0.4, -0.2) is 12.3 Å². The number of ether oxygens (including phenoxy) is 1. The van der Waals surface area contributed by atoms with E-state index >= 15 is 0 Å². The summed E-state index contributed by atoms with van der Waals surface area (Å²) in [5.74, 6) is -0.226. The molecule has 1 aromatic rings. The molecule has 0 aliphatic heterocycles. The summed E-state index contributed by atoms with van der Waals surface area (Å²) in [6.07, 6.45) is 4.31. The molecular weight excluding hydrogens is 228 g/mol. The summed E-state index contributed by atoms with van der Waals surface area (Å²) >= 11 is 0. The zero-order chi connectivity index (χ0) is 12.8. The Balaban J connectivity index is 1.82. The summed E-state index contributed by atoms with van der Waals surface area (Å²) in [5.41, 5.74) is 0.994. The number of benzene rings is 1. The third-order valence-corrected chi connectivity index (χ3v) is 3.46. The molecule has 0 N–H and O–H groups in total. The van der Waals surface area contributed by atoms with Gasteiger partial charge in [0.25, 0.3) is 0 Å². The Labute approximate surface area is 107 Å². The molecule has 3 nitrogen and oxygen atoms in total. The van der Waals surface area contributed by atoms with E-state index in [9.17, 15) is 9.59 Å². The van der Waals surface area contributed by atoms with Crippen LogP contribution in [0, 0.1) is 11.8 Å². The normalized spacial score (nSPS) is 23.3. The molecule has 0 bridgehead atoms. The maximum Gasteiger partial charge on any atom is 0.309 e. The highest BCUT2D eigenvalue weighted by molar-refractivity contribution is 5.73. The Hall–Kier alpha value is -1.64. The molecule has 1 fully saturated rings. The second-order valence-corrected chi connectivity index (χ2v) is 4.85. The Morgan fingerprint density at radius 1 is 1.28 bits per heavy atom. The van der Waals surface area contributed by atoms with Gasteiger partial charge in [0, 0.05) is 5.92 Å². The molecule has 1 aliphatic rings. The van der Waals surface area contributed by atoms with Gasteiger partial charge in [0.05, 0.1) is 5.92 Å². The van der Waals surface area contributed by atoms with Crippen LogP contribution in [0.2, 0.25) is 0 Å². The van der Waals surface area contributed by atoms with Gasteiger partial charge in [0.15, 0.2) is 0 Å². The average molecular weight is 246 g/mol. The molecule has 3 heteroatoms. The number of esters is 1. The number of carbonyl (C=O) groups is 2. The van der Waals surface area contributed by atoms with Crippen molar-refractivity contribution in [2.24, 2.45) is 11.8 Å². The standard InChI is InChI=1S/C15H18O3/c16-10-13-7-4-8-14(9-13)15(17)18-11-12-5-2-1-3-6-12/h1-3,5-6,10,13-14H,4,7-9,11H2/t13-,14+/m1/s1. The number of hydrogen-bond acceptors (Lipinski definition) is 3. The second kappa shape index (κ2) is 6.34. The molecule has 0 amide bonds. The first kappa shape index (κ1) is 12.8. The molecular formula is C15H18O3. The highest BCUT2D eigenvalue weighted by Gasteiger charge is 2.27. The smallest absolute Gasteiger partial charge is 0.309 e. The van der Waals surface area contributed by atoms with Crippen molar-refractivity contribution in [1.29, 1.82) is 0 Å². The summed E-state index contributed by atoms with van der Waals surface area (Å²) < 4.78 is 5.31. The molecule has 0 saturated heterocycles. The maximum absolute atomic E-state index is 11.9. The SMILES string of the molecule is O=C[C@@H]1CCC[C@H](C(=O)OCc2ccccc2)C1. The van der Waals surface area contributed by atoms with Crippen molar-refractivity contribution in [2.45, 2.75) is 32.3 Å². The molecule has 0 unspecified atom stereocenters. The van der Waals surface area contributed by atoms with Gasteiger partial charge < -0.3 is 9.53 Å². The van der Waals surface area contributed by atoms with Crippen molar-refractivity contribution in [3.05, 3.63) is 35.9 Å². The lowest BCUT2D eigenvalue weighted by molar-refractivity contribution is -0.151. The topological polar surface area (TPSA) is 43.4 Å². The molecule has 0 heterocycles. The van der Waals surface area contributed by atoms with Crippen LogP contribution < -0.4 is 0 Å². The van der Waals surface area contributed by atoms with Gasteiger partial charge in [-0.05, 0) is 24.8 Å². The van der Waals surface area contributed by atoms with E-state index in [2.05, 4.69) is 0 Å². The van der Waals surface area contributed by atoms with Gasteiger partial charge in [-0.25, -0.2) is 0 Å². The number of hydrogen-bond donors (Lipinski definition) is 0. The Morgan fingerprint density at radius 2 is 2.06 bits per heavy atom. The monoisotopic (exact) mass is 246 g/mol. The highest BCUT2D eigenvalue weighted by Crippen LogP contribution is 2.28. The fraction of sp³-hybridized carbons (Fsp3) is 0.467. The number of aldehydes is 1. The Morgan fingerprint density at radius 3 is 2.78 bits per heavy atom. The first-order chi connectivity index (χ1) is 8.79. The molecule has 1 saturated carbocycles. The second-order valence-electron chi connectivity index (χ2n) is 4.85. The van der Waals surface area contributed by atoms with Gasteiger partial charge in [0.1, 0.15) is 12.9 Å². The van der Waals surface area contributed by atoms with Gasteiger partial charge in [0.2, 0.25) is 0 Å². The predicted octanol–water partition coefficient (Wildman–Crippen LogP) is 2.74. The summed E-state index contributed by atoms with van der Waals surface area (Å²) in [6.45, 7) is 0.321. The van der Waals surface area contributed by atoms with Crippen molar-refractivity contribution >= 4 is 12.3 Å². The number of carbonyl (C=O) groups excluding carboxylic acids is 2. The molecule has 2 atom stereocenters. The van der Waals surface area contributed by atoms with Crippen LogP contribution in [0.15, 0.2) is 30.3 Å². The summed E-state index contributed by atoms with van der Waals surface area (Å²) in [7, 11) is 0. The van der Waals surface area contributed by atoms with E-state index in [4.69, 9.17) is 4.74 Å². The van der Waals surface area contributed by atoms with E-state index in [-0.39, 0.29) is 17.8 Å². The van der Waals surface area contributed by atoms with Crippen LogP contribution in [0.25, 0.3) is 0 Å². The maximum atomic E-state index is 11.9. The fourth-order valence-corrected chi connectivity index (χ4v) is 2.41. The quantitative estimate of drug-likeness (QED) is 0.606. The van der Waals surface area contributed by atoms with Crippen LogP contribution >= 0.6 is 0 Å². The number of rotatable bonds is 4. The zero-order valence-electron chi connectivity index (χ0n) is 10.4. The zero-order valence-corrected chi connectivity index (χ0v) is 10.4. The third-order valence-electron chi connectivity index (χ3n) is 3.46. The Bertz CT molecular complexity index is 399. The van der Waals surface area contributed by atoms with Crippen molar-refractivity contribution in [2.75, 3.05) is 0 Å². The van der Waals surface area contributed by atoms with Crippen molar-refractivity contribution in [1.82, 2.24) is 0 Å². The van der Waals surface area contributed by atoms with Crippen molar-refractivity contribution in [3.63, 3.8) is 0 Å². The highest BCUT2D eigenvalue weighted by atomic mass is 16.5. The molecule has 2 rings (SSSR count). The first-order valence-electron chi connectivity index (χ1n) is 6.45. The van der Waals surface area contributed by atoms with Crippen LogP contribution in [0.4, 0.5) is 0 Å². The van der Waals surface area contributed by atoms with Crippen LogP contribution in [0.3, 0.4) is 0 Å². The van der Waals surface area contributed by atoms with E-state index < -0.39 is 0 Å². The molecule has 0 spiro atoms. The molecule has 1 aromatic carbocycles. The molecule has 0 radical (unpaired) electrons. The average Bonchev–Trinajstić information content (AvgIpc) is 2.46. The minimum atomic E-state index is -0.162. The van der Waals surface area contributed by atoms with Gasteiger partial charge >= 0.3 is 5.97 Å². The third kappa shape index (κ3) is 3.42. The predicted molar refractivity (Wildman–Crippen MR) is 67.8 cm³/mol. The van der Waals surface area contributed by atoms with E-state index in [1.165, 1.54) is 0 Å². The Kier molecular flexibility index (Phi) is 4.51. The van der Waals surface area contributed by atoms with Crippen LogP contribution in [0.5, 0.6) is 0 Å². The minimum Gasteiger partial charge on any atom is -0.461 e. The molecule has 18 heavy (non-hydrogen) atoms. The molecule has 1 aliphatic carbocycles.